The maximum atomic E-state index is 12.1. The molecule has 0 bridgehead atoms. The fourth-order valence-electron chi connectivity index (χ4n) is 1.75. The number of halogens is 3. The number of carbonyl (C=O) groups is 1. The number of thioether (sulfide) groups is 1. The number of imidazole rings is 1. The highest BCUT2D eigenvalue weighted by Crippen LogP contribution is 2.24. The molecule has 8 heteroatoms. The van der Waals surface area contributed by atoms with Crippen LogP contribution in [0.4, 0.5) is 13.2 Å². The largest absolute Gasteiger partial charge is 0.481 e. The molecule has 0 unspecified atom stereocenters. The average Bonchev–Trinajstić information content (AvgIpc) is 2.73. The first-order valence-corrected chi connectivity index (χ1v) is 7.27. The number of carboxylic acid groups (broad SMARTS) is 1. The number of alkyl halides is 3. The Kier molecular flexibility index (Phi) is 6.38. The van der Waals surface area contributed by atoms with Crippen molar-refractivity contribution >= 4 is 17.7 Å². The minimum Gasteiger partial charge on any atom is -0.481 e. The molecule has 1 aromatic rings. The summed E-state index contributed by atoms with van der Waals surface area (Å²) in [7, 11) is 0. The molecule has 20 heavy (non-hydrogen) atoms. The lowest BCUT2D eigenvalue weighted by atomic mass is 10.2. The lowest BCUT2D eigenvalue weighted by molar-refractivity contribution is -0.136. The van der Waals surface area contributed by atoms with E-state index in [0.717, 1.165) is 17.5 Å². The van der Waals surface area contributed by atoms with E-state index in [1.807, 2.05) is 11.5 Å². The fourth-order valence-corrected chi connectivity index (χ4v) is 2.49. The molecule has 0 saturated heterocycles. The molecule has 0 fully saturated rings. The van der Waals surface area contributed by atoms with Crippen LogP contribution in [0.5, 0.6) is 0 Å². The number of hydrogen-bond donors (Lipinski definition) is 1. The van der Waals surface area contributed by atoms with E-state index in [-0.39, 0.29) is 12.2 Å². The number of rotatable bonds is 8. The van der Waals surface area contributed by atoms with Crippen LogP contribution in [0.3, 0.4) is 0 Å². The van der Waals surface area contributed by atoms with Crippen molar-refractivity contribution in [1.29, 1.82) is 0 Å². The predicted octanol–water partition coefficient (Wildman–Crippen LogP) is 3.35. The third kappa shape index (κ3) is 5.85. The van der Waals surface area contributed by atoms with E-state index < -0.39 is 18.6 Å². The Hall–Kier alpha value is -1.18. The van der Waals surface area contributed by atoms with Gasteiger partial charge >= 0.3 is 12.1 Å². The van der Waals surface area contributed by atoms with E-state index in [0.29, 0.717) is 24.5 Å². The Morgan fingerprint density at radius 2 is 2.15 bits per heavy atom. The summed E-state index contributed by atoms with van der Waals surface area (Å²) in [6.07, 6.45) is -2.10. The normalized spacial score (nSPS) is 11.8. The number of hydrogen-bond acceptors (Lipinski definition) is 3. The fraction of sp³-hybridized carbons (Fsp3) is 0.667. The summed E-state index contributed by atoms with van der Waals surface area (Å²) in [6.45, 7) is 2.36. The highest BCUT2D eigenvalue weighted by molar-refractivity contribution is 7.99. The second kappa shape index (κ2) is 7.56. The molecular weight excluding hydrogens is 293 g/mol. The first-order valence-electron chi connectivity index (χ1n) is 6.29. The van der Waals surface area contributed by atoms with E-state index in [4.69, 9.17) is 5.11 Å². The number of nitrogens with zero attached hydrogens (tertiary/aromatic N) is 2. The number of aliphatic carboxylic acids is 1. The molecule has 1 heterocycles. The van der Waals surface area contributed by atoms with Gasteiger partial charge in [-0.15, -0.1) is 0 Å². The number of aromatic nitrogens is 2. The topological polar surface area (TPSA) is 55.1 Å². The molecule has 0 spiro atoms. The highest BCUT2D eigenvalue weighted by atomic mass is 32.2. The van der Waals surface area contributed by atoms with Crippen LogP contribution in [-0.4, -0.2) is 32.6 Å². The van der Waals surface area contributed by atoms with Crippen molar-refractivity contribution < 1.29 is 23.1 Å². The van der Waals surface area contributed by atoms with Gasteiger partial charge in [0.1, 0.15) is 0 Å². The van der Waals surface area contributed by atoms with Crippen LogP contribution in [0.25, 0.3) is 0 Å². The number of unbranched alkanes of at least 4 members (excludes halogenated alkanes) is 1. The summed E-state index contributed by atoms with van der Waals surface area (Å²) in [4.78, 5) is 14.7. The SMILES string of the molecule is CCc1cnc(SCC(=O)O)n1CCCCC(F)(F)F. The summed E-state index contributed by atoms with van der Waals surface area (Å²) in [6, 6.07) is 0. The van der Waals surface area contributed by atoms with Gasteiger partial charge in [0, 0.05) is 24.9 Å². The highest BCUT2D eigenvalue weighted by Gasteiger charge is 2.25. The van der Waals surface area contributed by atoms with Crippen LogP contribution in [0.1, 0.15) is 31.9 Å². The minimum atomic E-state index is -4.12. The van der Waals surface area contributed by atoms with Crippen molar-refractivity contribution in [1.82, 2.24) is 9.55 Å². The first-order chi connectivity index (χ1) is 9.33. The quantitative estimate of drug-likeness (QED) is 0.591. The lowest BCUT2D eigenvalue weighted by Crippen LogP contribution is -2.09. The van der Waals surface area contributed by atoms with Crippen molar-refractivity contribution in [2.75, 3.05) is 5.75 Å². The Labute approximate surface area is 119 Å². The minimum absolute atomic E-state index is 0.0634. The molecular formula is C12H17F3N2O2S. The van der Waals surface area contributed by atoms with Crippen molar-refractivity contribution in [3.05, 3.63) is 11.9 Å². The molecule has 0 saturated carbocycles. The Bertz CT molecular complexity index is 446. The summed E-state index contributed by atoms with van der Waals surface area (Å²) in [5, 5.41) is 9.20. The Balaban J connectivity index is 2.57. The zero-order chi connectivity index (χ0) is 15.2. The van der Waals surface area contributed by atoms with E-state index in [2.05, 4.69) is 4.98 Å². The maximum Gasteiger partial charge on any atom is 0.389 e. The van der Waals surface area contributed by atoms with Crippen molar-refractivity contribution in [3.8, 4) is 0 Å². The second-order valence-corrected chi connectivity index (χ2v) is 5.23. The van der Waals surface area contributed by atoms with Gasteiger partial charge in [-0.2, -0.15) is 13.2 Å². The van der Waals surface area contributed by atoms with Crippen molar-refractivity contribution in [3.63, 3.8) is 0 Å². The third-order valence-electron chi connectivity index (χ3n) is 2.68. The molecule has 0 aliphatic carbocycles. The van der Waals surface area contributed by atoms with Crippen molar-refractivity contribution in [2.45, 2.75) is 50.5 Å². The standard InChI is InChI=1S/C12H17F3N2O2S/c1-2-9-7-16-11(20-8-10(18)19)17(9)6-4-3-5-12(13,14)15/h7H,2-6,8H2,1H3,(H,18,19). The molecule has 0 aromatic carbocycles. The van der Waals surface area contributed by atoms with Gasteiger partial charge in [-0.3, -0.25) is 4.79 Å². The molecule has 1 rings (SSSR count). The molecule has 1 N–H and O–H groups in total. The van der Waals surface area contributed by atoms with Crippen LogP contribution in [-0.2, 0) is 17.8 Å². The van der Waals surface area contributed by atoms with Crippen LogP contribution in [0.15, 0.2) is 11.4 Å². The van der Waals surface area contributed by atoms with Gasteiger partial charge in [0.25, 0.3) is 0 Å². The maximum absolute atomic E-state index is 12.1. The Morgan fingerprint density at radius 3 is 2.70 bits per heavy atom. The molecule has 0 atom stereocenters. The van der Waals surface area contributed by atoms with Crippen molar-refractivity contribution in [2.24, 2.45) is 0 Å². The average molecular weight is 310 g/mol. The van der Waals surface area contributed by atoms with Gasteiger partial charge < -0.3 is 9.67 Å². The van der Waals surface area contributed by atoms with E-state index in [1.54, 1.807) is 6.20 Å². The van der Waals surface area contributed by atoms with Gasteiger partial charge in [0.15, 0.2) is 5.16 Å². The molecule has 0 amide bonds. The summed E-state index contributed by atoms with van der Waals surface area (Å²) in [5.41, 5.74) is 0.907. The lowest BCUT2D eigenvalue weighted by Gasteiger charge is -2.11. The molecule has 114 valence electrons. The third-order valence-corrected chi connectivity index (χ3v) is 3.66. The first kappa shape index (κ1) is 16.9. The van der Waals surface area contributed by atoms with Crippen LogP contribution in [0.2, 0.25) is 0 Å². The predicted molar refractivity (Wildman–Crippen MR) is 69.9 cm³/mol. The zero-order valence-corrected chi connectivity index (χ0v) is 11.9. The van der Waals surface area contributed by atoms with Gasteiger partial charge in [-0.05, 0) is 19.3 Å². The van der Waals surface area contributed by atoms with Gasteiger partial charge in [-0.25, -0.2) is 4.98 Å². The van der Waals surface area contributed by atoms with Gasteiger partial charge in [0.05, 0.1) is 5.75 Å². The zero-order valence-electron chi connectivity index (χ0n) is 11.1. The summed E-state index contributed by atoms with van der Waals surface area (Å²) < 4.78 is 38.0. The van der Waals surface area contributed by atoms with Crippen LogP contribution < -0.4 is 0 Å². The number of carboxylic acids is 1. The second-order valence-electron chi connectivity index (χ2n) is 4.29. The van der Waals surface area contributed by atoms with Gasteiger partial charge in [0.2, 0.25) is 0 Å². The molecule has 0 aliphatic rings. The smallest absolute Gasteiger partial charge is 0.389 e. The molecule has 0 radical (unpaired) electrons. The molecule has 0 aliphatic heterocycles. The number of aryl methyl sites for hydroxylation is 1. The monoisotopic (exact) mass is 310 g/mol. The summed E-state index contributed by atoms with van der Waals surface area (Å²) in [5.74, 6) is -1.05. The van der Waals surface area contributed by atoms with E-state index >= 15 is 0 Å². The molecule has 1 aromatic heterocycles. The van der Waals surface area contributed by atoms with Crippen LogP contribution in [0, 0.1) is 0 Å². The van der Waals surface area contributed by atoms with E-state index in [1.165, 1.54) is 0 Å². The van der Waals surface area contributed by atoms with E-state index in [9.17, 15) is 18.0 Å². The molecule has 4 nitrogen and oxygen atoms in total. The van der Waals surface area contributed by atoms with Crippen LogP contribution >= 0.6 is 11.8 Å². The Morgan fingerprint density at radius 1 is 1.45 bits per heavy atom. The van der Waals surface area contributed by atoms with Gasteiger partial charge in [-0.1, -0.05) is 18.7 Å². The summed E-state index contributed by atoms with van der Waals surface area (Å²) >= 11 is 1.09.